The number of likely N-dealkylation sites (N-methyl/N-ethyl adjacent to an activating group) is 1. The molecule has 0 saturated carbocycles. The first-order chi connectivity index (χ1) is 9.77. The number of nitrogens with one attached hydrogen (secondary N) is 1. The van der Waals surface area contributed by atoms with Gasteiger partial charge in [-0.25, -0.2) is 0 Å². The molecule has 1 aromatic carbocycles. The minimum absolute atomic E-state index is 0. The monoisotopic (exact) mass is 387 g/mol. The average Bonchev–Trinajstić information content (AvgIpc) is 2.69. The lowest BCUT2D eigenvalue weighted by molar-refractivity contribution is -0.137. The molecule has 0 spiro atoms. The molecule has 130 valence electrons. The van der Waals surface area contributed by atoms with Gasteiger partial charge in [-0.3, -0.25) is 5.41 Å². The van der Waals surface area contributed by atoms with Gasteiger partial charge in [0.15, 0.2) is 4.80 Å². The standard InChI is InChI=1S/C14H16F3N3S.2ClH/c1-19(2)7-10-4-3-8-5-9(14(15,16)17)6-11-12(8)20(10)13(18)21-11;;/h5-6,10,18H,3-4,7H2,1-2H3;2*1H/t10-;;/m1../s1. The summed E-state index contributed by atoms with van der Waals surface area (Å²) in [7, 11) is 3.94. The van der Waals surface area contributed by atoms with Gasteiger partial charge >= 0.3 is 6.18 Å². The van der Waals surface area contributed by atoms with E-state index in [1.165, 1.54) is 12.1 Å². The SMILES string of the molecule is CN(C)C[C@H]1CCc2cc(C(F)(F)F)cc3sc(=N)n1c23.Cl.Cl. The maximum absolute atomic E-state index is 13.0. The highest BCUT2D eigenvalue weighted by atomic mass is 35.5. The normalized spacial score (nSPS) is 17.0. The van der Waals surface area contributed by atoms with E-state index >= 15 is 0 Å². The summed E-state index contributed by atoms with van der Waals surface area (Å²) in [5, 5.41) is 8.11. The third-order valence-corrected chi connectivity index (χ3v) is 4.76. The van der Waals surface area contributed by atoms with E-state index in [1.54, 1.807) is 0 Å². The number of benzene rings is 1. The molecule has 0 saturated heterocycles. The molecule has 2 aromatic rings. The van der Waals surface area contributed by atoms with Crippen molar-refractivity contribution >= 4 is 46.4 Å². The van der Waals surface area contributed by atoms with E-state index in [0.29, 0.717) is 21.5 Å². The van der Waals surface area contributed by atoms with Crippen molar-refractivity contribution in [2.75, 3.05) is 20.6 Å². The summed E-state index contributed by atoms with van der Waals surface area (Å²) in [5.74, 6) is 0. The van der Waals surface area contributed by atoms with E-state index in [-0.39, 0.29) is 30.9 Å². The van der Waals surface area contributed by atoms with E-state index in [9.17, 15) is 13.2 Å². The van der Waals surface area contributed by atoms with E-state index in [0.717, 1.165) is 29.8 Å². The Hall–Kier alpha value is -0.760. The smallest absolute Gasteiger partial charge is 0.312 e. The highest BCUT2D eigenvalue weighted by Crippen LogP contribution is 2.38. The molecule has 3 rings (SSSR count). The summed E-state index contributed by atoms with van der Waals surface area (Å²) < 4.78 is 41.3. The summed E-state index contributed by atoms with van der Waals surface area (Å²) in [6.45, 7) is 0.794. The van der Waals surface area contributed by atoms with Crippen molar-refractivity contribution < 1.29 is 13.2 Å². The summed E-state index contributed by atoms with van der Waals surface area (Å²) >= 11 is 1.13. The van der Waals surface area contributed by atoms with Gasteiger partial charge < -0.3 is 9.47 Å². The molecule has 1 aromatic heterocycles. The minimum Gasteiger partial charge on any atom is -0.312 e. The first kappa shape index (κ1) is 20.3. The van der Waals surface area contributed by atoms with Crippen LogP contribution in [0.1, 0.15) is 23.6 Å². The van der Waals surface area contributed by atoms with Crippen molar-refractivity contribution in [2.24, 2.45) is 0 Å². The van der Waals surface area contributed by atoms with E-state index in [1.807, 2.05) is 18.7 Å². The molecule has 0 bridgehead atoms. The van der Waals surface area contributed by atoms with Crippen molar-refractivity contribution in [3.05, 3.63) is 28.1 Å². The maximum Gasteiger partial charge on any atom is 0.416 e. The Kier molecular flexibility index (Phi) is 6.18. The molecule has 0 amide bonds. The number of hydrogen-bond donors (Lipinski definition) is 1. The van der Waals surface area contributed by atoms with Crippen LogP contribution in [0.15, 0.2) is 12.1 Å². The molecule has 9 heteroatoms. The molecule has 0 aliphatic carbocycles. The Balaban J connectivity index is 0.00000132. The fourth-order valence-electron chi connectivity index (χ4n) is 3.02. The molecular weight excluding hydrogens is 370 g/mol. The number of halogens is 5. The van der Waals surface area contributed by atoms with Gasteiger partial charge in [0.1, 0.15) is 0 Å². The van der Waals surface area contributed by atoms with Gasteiger partial charge in [0.2, 0.25) is 0 Å². The van der Waals surface area contributed by atoms with E-state index < -0.39 is 11.7 Å². The van der Waals surface area contributed by atoms with Gasteiger partial charge in [0.05, 0.1) is 15.8 Å². The lowest BCUT2D eigenvalue weighted by Gasteiger charge is -2.28. The van der Waals surface area contributed by atoms with Gasteiger partial charge in [0, 0.05) is 12.6 Å². The van der Waals surface area contributed by atoms with Crippen LogP contribution < -0.4 is 4.80 Å². The van der Waals surface area contributed by atoms with Crippen molar-refractivity contribution in [2.45, 2.75) is 25.1 Å². The third-order valence-electron chi connectivity index (χ3n) is 3.84. The number of rotatable bonds is 2. The fourth-order valence-corrected chi connectivity index (χ4v) is 4.08. The molecule has 3 nitrogen and oxygen atoms in total. The molecule has 0 unspecified atom stereocenters. The summed E-state index contributed by atoms with van der Waals surface area (Å²) in [5.41, 5.74) is 0.921. The summed E-state index contributed by atoms with van der Waals surface area (Å²) in [4.78, 5) is 2.38. The second-order valence-corrected chi connectivity index (χ2v) is 6.74. The lowest BCUT2D eigenvalue weighted by Crippen LogP contribution is -2.32. The Morgan fingerprint density at radius 3 is 2.52 bits per heavy atom. The van der Waals surface area contributed by atoms with Crippen LogP contribution in [0.4, 0.5) is 13.2 Å². The van der Waals surface area contributed by atoms with Crippen molar-refractivity contribution in [3.63, 3.8) is 0 Å². The molecular formula is C14H18Cl2F3N3S. The Morgan fingerprint density at radius 2 is 1.96 bits per heavy atom. The van der Waals surface area contributed by atoms with Crippen LogP contribution in [0, 0.1) is 5.41 Å². The number of aromatic nitrogens is 1. The fraction of sp³-hybridized carbons (Fsp3) is 0.500. The summed E-state index contributed by atoms with van der Waals surface area (Å²) in [6, 6.07) is 2.58. The largest absolute Gasteiger partial charge is 0.416 e. The zero-order valence-electron chi connectivity index (χ0n) is 12.6. The Labute approximate surface area is 148 Å². The van der Waals surface area contributed by atoms with Crippen LogP contribution in [-0.2, 0) is 12.6 Å². The van der Waals surface area contributed by atoms with Crippen molar-refractivity contribution in [3.8, 4) is 0 Å². The molecule has 1 aliphatic heterocycles. The molecule has 1 N–H and O–H groups in total. The molecule has 1 aliphatic rings. The highest BCUT2D eigenvalue weighted by Gasteiger charge is 2.33. The lowest BCUT2D eigenvalue weighted by atomic mass is 9.97. The number of alkyl halides is 3. The highest BCUT2D eigenvalue weighted by molar-refractivity contribution is 7.16. The van der Waals surface area contributed by atoms with Gasteiger partial charge in [-0.2, -0.15) is 13.2 Å². The summed E-state index contributed by atoms with van der Waals surface area (Å²) in [6.07, 6.45) is -2.92. The van der Waals surface area contributed by atoms with Gasteiger partial charge in [0.25, 0.3) is 0 Å². The van der Waals surface area contributed by atoms with Crippen LogP contribution in [0.25, 0.3) is 10.2 Å². The van der Waals surface area contributed by atoms with Crippen molar-refractivity contribution in [1.82, 2.24) is 9.47 Å². The van der Waals surface area contributed by atoms with Gasteiger partial charge in [-0.05, 0) is 44.6 Å². The minimum atomic E-state index is -4.33. The van der Waals surface area contributed by atoms with E-state index in [2.05, 4.69) is 4.90 Å². The predicted octanol–water partition coefficient (Wildman–Crippen LogP) is 4.09. The predicted molar refractivity (Wildman–Crippen MR) is 91.1 cm³/mol. The number of hydrogen-bond acceptors (Lipinski definition) is 3. The second kappa shape index (κ2) is 7.01. The maximum atomic E-state index is 13.0. The Morgan fingerprint density at radius 1 is 1.30 bits per heavy atom. The number of thiazole rings is 1. The topological polar surface area (TPSA) is 32.0 Å². The molecule has 0 radical (unpaired) electrons. The van der Waals surface area contributed by atoms with Crippen LogP contribution in [0.2, 0.25) is 0 Å². The first-order valence-corrected chi connectivity index (χ1v) is 7.53. The van der Waals surface area contributed by atoms with Crippen LogP contribution in [0.3, 0.4) is 0 Å². The number of nitrogens with zero attached hydrogens (tertiary/aromatic N) is 2. The van der Waals surface area contributed by atoms with Gasteiger partial charge in [-0.1, -0.05) is 11.3 Å². The van der Waals surface area contributed by atoms with Crippen molar-refractivity contribution in [1.29, 1.82) is 5.41 Å². The molecule has 2 heterocycles. The van der Waals surface area contributed by atoms with Crippen LogP contribution in [0.5, 0.6) is 0 Å². The van der Waals surface area contributed by atoms with Gasteiger partial charge in [-0.15, -0.1) is 24.8 Å². The molecule has 0 fully saturated rings. The Bertz CT molecular complexity index is 752. The average molecular weight is 388 g/mol. The zero-order chi connectivity index (χ0) is 15.4. The second-order valence-electron chi connectivity index (χ2n) is 5.71. The third kappa shape index (κ3) is 3.68. The van der Waals surface area contributed by atoms with E-state index in [4.69, 9.17) is 5.41 Å². The van der Waals surface area contributed by atoms with Crippen LogP contribution in [-0.4, -0.2) is 30.1 Å². The quantitative estimate of drug-likeness (QED) is 0.826. The number of aryl methyl sites for hydroxylation is 1. The van der Waals surface area contributed by atoms with Crippen LogP contribution >= 0.6 is 36.2 Å². The molecule has 23 heavy (non-hydrogen) atoms. The first-order valence-electron chi connectivity index (χ1n) is 6.72. The zero-order valence-corrected chi connectivity index (χ0v) is 15.1. The molecule has 1 atom stereocenters.